The van der Waals surface area contributed by atoms with E-state index in [0.717, 1.165) is 16.8 Å². The normalized spacial score (nSPS) is 11.3. The van der Waals surface area contributed by atoms with Crippen LogP contribution in [0.2, 0.25) is 0 Å². The summed E-state index contributed by atoms with van der Waals surface area (Å²) in [6.07, 6.45) is -4.39. The van der Waals surface area contributed by atoms with Crippen molar-refractivity contribution in [1.82, 2.24) is 14.7 Å². The van der Waals surface area contributed by atoms with Crippen LogP contribution >= 0.6 is 0 Å². The lowest BCUT2D eigenvalue weighted by Crippen LogP contribution is -2.30. The van der Waals surface area contributed by atoms with Crippen molar-refractivity contribution in [3.8, 4) is 0 Å². The fourth-order valence-electron chi connectivity index (χ4n) is 1.96. The Hall–Kier alpha value is -2.64. The molecule has 23 heavy (non-hydrogen) atoms. The molecular weight excluding hydrogens is 311 g/mol. The minimum atomic E-state index is -4.39. The highest BCUT2D eigenvalue weighted by atomic mass is 19.4. The number of benzene rings is 1. The van der Waals surface area contributed by atoms with E-state index in [-0.39, 0.29) is 17.8 Å². The molecule has 0 bridgehead atoms. The van der Waals surface area contributed by atoms with E-state index in [9.17, 15) is 22.8 Å². The molecule has 0 aliphatic rings. The molecule has 0 saturated carbocycles. The second-order valence-corrected chi connectivity index (χ2v) is 5.04. The Bertz CT molecular complexity index is 767. The quantitative estimate of drug-likeness (QED) is 0.868. The Labute approximate surface area is 130 Å². The minimum Gasteiger partial charge on any atom is -0.336 e. The summed E-state index contributed by atoms with van der Waals surface area (Å²) in [6, 6.07) is 7.12. The van der Waals surface area contributed by atoms with Crippen LogP contribution in [0.25, 0.3) is 0 Å². The van der Waals surface area contributed by atoms with Gasteiger partial charge in [0.15, 0.2) is 0 Å². The van der Waals surface area contributed by atoms with Gasteiger partial charge in [-0.15, -0.1) is 0 Å². The van der Waals surface area contributed by atoms with Crippen LogP contribution in [0.3, 0.4) is 0 Å². The zero-order valence-corrected chi connectivity index (χ0v) is 12.5. The number of carbonyl (C=O) groups is 1. The van der Waals surface area contributed by atoms with Crippen molar-refractivity contribution in [1.29, 1.82) is 0 Å². The number of rotatable bonds is 3. The van der Waals surface area contributed by atoms with Gasteiger partial charge in [-0.3, -0.25) is 9.59 Å². The zero-order chi connectivity index (χ0) is 17.2. The van der Waals surface area contributed by atoms with Crippen LogP contribution in [0.1, 0.15) is 21.6 Å². The van der Waals surface area contributed by atoms with Crippen molar-refractivity contribution in [2.75, 3.05) is 7.05 Å². The van der Waals surface area contributed by atoms with Gasteiger partial charge in [0.1, 0.15) is 5.69 Å². The first kappa shape index (κ1) is 16.7. The summed E-state index contributed by atoms with van der Waals surface area (Å²) in [5, 5.41) is 3.85. The molecular formula is C15H14F3N3O2. The average Bonchev–Trinajstić information content (AvgIpc) is 2.49. The molecule has 0 spiro atoms. The second-order valence-electron chi connectivity index (χ2n) is 5.04. The molecule has 1 aromatic carbocycles. The van der Waals surface area contributed by atoms with Crippen LogP contribution in [-0.4, -0.2) is 27.6 Å². The van der Waals surface area contributed by atoms with Crippen molar-refractivity contribution < 1.29 is 18.0 Å². The summed E-state index contributed by atoms with van der Waals surface area (Å²) in [6.45, 7) is 0.126. The lowest BCUT2D eigenvalue weighted by atomic mass is 10.1. The van der Waals surface area contributed by atoms with E-state index in [2.05, 4.69) is 5.10 Å². The lowest BCUT2D eigenvalue weighted by molar-refractivity contribution is -0.137. The first-order valence-electron chi connectivity index (χ1n) is 6.64. The van der Waals surface area contributed by atoms with Gasteiger partial charge in [0.2, 0.25) is 0 Å². The van der Waals surface area contributed by atoms with E-state index in [1.807, 2.05) is 0 Å². The van der Waals surface area contributed by atoms with Crippen molar-refractivity contribution in [3.05, 3.63) is 63.6 Å². The predicted octanol–water partition coefficient (Wildman–Crippen LogP) is 2.07. The highest BCUT2D eigenvalue weighted by Gasteiger charge is 2.30. The molecule has 5 nitrogen and oxygen atoms in total. The van der Waals surface area contributed by atoms with Crippen molar-refractivity contribution >= 4 is 5.91 Å². The first-order valence-corrected chi connectivity index (χ1v) is 6.64. The molecule has 0 saturated heterocycles. The van der Waals surface area contributed by atoms with Crippen LogP contribution in [0.15, 0.2) is 41.2 Å². The molecule has 1 amide bonds. The molecule has 0 aliphatic heterocycles. The monoisotopic (exact) mass is 325 g/mol. The Balaban J connectivity index is 2.11. The van der Waals surface area contributed by atoms with Crippen molar-refractivity contribution in [2.24, 2.45) is 7.05 Å². The maximum atomic E-state index is 12.5. The molecule has 0 radical (unpaired) electrons. The summed E-state index contributed by atoms with van der Waals surface area (Å²) in [4.78, 5) is 24.8. The van der Waals surface area contributed by atoms with Gasteiger partial charge in [-0.1, -0.05) is 12.1 Å². The molecule has 1 heterocycles. The Morgan fingerprint density at radius 3 is 2.30 bits per heavy atom. The van der Waals surface area contributed by atoms with Gasteiger partial charge < -0.3 is 4.90 Å². The van der Waals surface area contributed by atoms with Gasteiger partial charge in [-0.2, -0.15) is 18.3 Å². The number of nitrogens with zero attached hydrogens (tertiary/aromatic N) is 3. The maximum Gasteiger partial charge on any atom is 0.416 e. The van der Waals surface area contributed by atoms with Gasteiger partial charge in [-0.05, 0) is 23.8 Å². The van der Waals surface area contributed by atoms with Crippen molar-refractivity contribution in [2.45, 2.75) is 12.7 Å². The standard InChI is InChI=1S/C15H14F3N3O2/c1-20(14(23)12-7-8-13(22)21(2)19-12)9-10-3-5-11(6-4-10)15(16,17)18/h3-8H,9H2,1-2H3. The third-order valence-electron chi connectivity index (χ3n) is 3.23. The van der Waals surface area contributed by atoms with E-state index in [0.29, 0.717) is 5.56 Å². The molecule has 2 rings (SSSR count). The second kappa shape index (κ2) is 6.23. The number of amides is 1. The number of aromatic nitrogens is 2. The number of hydrogen-bond donors (Lipinski definition) is 0. The molecule has 8 heteroatoms. The summed E-state index contributed by atoms with van der Waals surface area (Å²) in [5.74, 6) is -0.430. The molecule has 0 aliphatic carbocycles. The summed E-state index contributed by atoms with van der Waals surface area (Å²) >= 11 is 0. The van der Waals surface area contributed by atoms with Crippen LogP contribution in [-0.2, 0) is 19.8 Å². The maximum absolute atomic E-state index is 12.5. The van der Waals surface area contributed by atoms with Gasteiger partial charge >= 0.3 is 6.18 Å². The molecule has 122 valence electrons. The molecule has 0 fully saturated rings. The molecule has 0 unspecified atom stereocenters. The van der Waals surface area contributed by atoms with E-state index in [1.165, 1.54) is 43.3 Å². The summed E-state index contributed by atoms with van der Waals surface area (Å²) in [5.41, 5.74) is -0.443. The van der Waals surface area contributed by atoms with Gasteiger partial charge in [0.25, 0.3) is 11.5 Å². The van der Waals surface area contributed by atoms with Crippen LogP contribution in [0.5, 0.6) is 0 Å². The van der Waals surface area contributed by atoms with Gasteiger partial charge in [0, 0.05) is 26.7 Å². The van der Waals surface area contributed by atoms with Crippen molar-refractivity contribution in [3.63, 3.8) is 0 Å². The van der Waals surface area contributed by atoms with Crippen LogP contribution in [0, 0.1) is 0 Å². The van der Waals surface area contributed by atoms with E-state index in [4.69, 9.17) is 0 Å². The third kappa shape index (κ3) is 3.97. The number of halogens is 3. The van der Waals surface area contributed by atoms with Crippen LogP contribution in [0.4, 0.5) is 13.2 Å². The fourth-order valence-corrected chi connectivity index (χ4v) is 1.96. The SMILES string of the molecule is CN(Cc1ccc(C(F)(F)F)cc1)C(=O)c1ccc(=O)n(C)n1. The predicted molar refractivity (Wildman–Crippen MR) is 76.7 cm³/mol. The van der Waals surface area contributed by atoms with E-state index < -0.39 is 17.6 Å². The van der Waals surface area contributed by atoms with E-state index >= 15 is 0 Å². The fraction of sp³-hybridized carbons (Fsp3) is 0.267. The number of carbonyl (C=O) groups excluding carboxylic acids is 1. The smallest absolute Gasteiger partial charge is 0.336 e. The molecule has 2 aromatic rings. The molecule has 0 N–H and O–H groups in total. The average molecular weight is 325 g/mol. The summed E-state index contributed by atoms with van der Waals surface area (Å²) < 4.78 is 38.5. The Morgan fingerprint density at radius 2 is 1.78 bits per heavy atom. The topological polar surface area (TPSA) is 55.2 Å². The van der Waals surface area contributed by atoms with Crippen LogP contribution < -0.4 is 5.56 Å². The minimum absolute atomic E-state index is 0.0847. The number of hydrogen-bond acceptors (Lipinski definition) is 3. The molecule has 0 atom stereocenters. The highest BCUT2D eigenvalue weighted by Crippen LogP contribution is 2.29. The third-order valence-corrected chi connectivity index (χ3v) is 3.23. The first-order chi connectivity index (χ1) is 10.7. The summed E-state index contributed by atoms with van der Waals surface area (Å²) in [7, 11) is 2.93. The molecule has 1 aromatic heterocycles. The number of aryl methyl sites for hydroxylation is 1. The van der Waals surface area contributed by atoms with Gasteiger partial charge in [-0.25, -0.2) is 4.68 Å². The number of alkyl halides is 3. The Morgan fingerprint density at radius 1 is 1.17 bits per heavy atom. The van der Waals surface area contributed by atoms with Gasteiger partial charge in [0.05, 0.1) is 5.56 Å². The largest absolute Gasteiger partial charge is 0.416 e. The highest BCUT2D eigenvalue weighted by molar-refractivity contribution is 5.91. The lowest BCUT2D eigenvalue weighted by Gasteiger charge is -2.17. The Kier molecular flexibility index (Phi) is 4.53. The van der Waals surface area contributed by atoms with E-state index in [1.54, 1.807) is 0 Å². The zero-order valence-electron chi connectivity index (χ0n) is 12.5.